The molecule has 0 fully saturated rings. The highest BCUT2D eigenvalue weighted by Crippen LogP contribution is 2.22. The zero-order valence-electron chi connectivity index (χ0n) is 9.86. The van der Waals surface area contributed by atoms with Crippen molar-refractivity contribution in [3.63, 3.8) is 0 Å². The molecular weight excluding hydrogens is 208 g/mol. The van der Waals surface area contributed by atoms with Crippen molar-refractivity contribution in [2.45, 2.75) is 18.1 Å². The van der Waals surface area contributed by atoms with E-state index in [0.717, 1.165) is 18.1 Å². The van der Waals surface area contributed by atoms with E-state index in [9.17, 15) is 0 Å². The van der Waals surface area contributed by atoms with Crippen molar-refractivity contribution in [3.8, 4) is 0 Å². The fraction of sp³-hybridized carbons (Fsp3) is 0.200. The third-order valence-corrected chi connectivity index (χ3v) is 7.76. The molecule has 0 nitrogen and oxygen atoms in total. The first kappa shape index (κ1) is 12.7. The molecule has 0 heterocycles. The molecule has 0 bridgehead atoms. The van der Waals surface area contributed by atoms with Gasteiger partial charge < -0.3 is 0 Å². The van der Waals surface area contributed by atoms with Crippen LogP contribution in [0.1, 0.15) is 0 Å². The molecule has 0 saturated heterocycles. The molecule has 16 heavy (non-hydrogen) atoms. The first-order valence-corrected chi connectivity index (χ1v) is 8.29. The molecule has 0 N–H and O–H groups in total. The molecule has 1 heteroatoms. The van der Waals surface area contributed by atoms with Gasteiger partial charge >= 0.3 is 0 Å². The van der Waals surface area contributed by atoms with E-state index in [4.69, 9.17) is 0 Å². The normalized spacial score (nSPS) is 10.8. The Bertz CT molecular complexity index is 324. The van der Waals surface area contributed by atoms with E-state index < -0.39 is 8.07 Å². The minimum Gasteiger partial charge on any atom is -0.103 e. The Morgan fingerprint density at radius 1 is 0.812 bits per heavy atom. The van der Waals surface area contributed by atoms with Crippen molar-refractivity contribution in [3.05, 3.63) is 68.3 Å². The molecule has 84 valence electrons. The van der Waals surface area contributed by atoms with Gasteiger partial charge in [-0.25, -0.2) is 0 Å². The molecule has 0 aromatic heterocycles. The van der Waals surface area contributed by atoms with Crippen LogP contribution in [0.15, 0.2) is 68.3 Å². The van der Waals surface area contributed by atoms with Gasteiger partial charge in [0.2, 0.25) is 0 Å². The number of hydrogen-bond donors (Lipinski definition) is 0. The molecule has 1 aromatic rings. The standard InChI is InChI=1S/C15H20Si/c1-4-12-16(13-5-2,14-6-3)15-10-8-7-9-11-15/h4-11H,1-3,12-14H2. The van der Waals surface area contributed by atoms with E-state index in [1.54, 1.807) is 0 Å². The van der Waals surface area contributed by atoms with Gasteiger partial charge in [-0.3, -0.25) is 0 Å². The summed E-state index contributed by atoms with van der Waals surface area (Å²) >= 11 is 0. The van der Waals surface area contributed by atoms with Crippen LogP contribution >= 0.6 is 0 Å². The Hall–Kier alpha value is -1.34. The number of rotatable bonds is 7. The van der Waals surface area contributed by atoms with Gasteiger partial charge in [-0.2, -0.15) is 0 Å². The molecule has 0 saturated carbocycles. The smallest absolute Gasteiger partial charge is 0.0977 e. The summed E-state index contributed by atoms with van der Waals surface area (Å²) < 4.78 is 0. The van der Waals surface area contributed by atoms with Gasteiger partial charge in [0.25, 0.3) is 0 Å². The summed E-state index contributed by atoms with van der Waals surface area (Å²) in [5, 5.41) is 1.48. The van der Waals surface area contributed by atoms with E-state index in [-0.39, 0.29) is 0 Å². The molecule has 0 aliphatic heterocycles. The Morgan fingerprint density at radius 3 is 1.62 bits per heavy atom. The third-order valence-electron chi connectivity index (χ3n) is 2.99. The second kappa shape index (κ2) is 6.29. The molecule has 0 unspecified atom stereocenters. The lowest BCUT2D eigenvalue weighted by molar-refractivity contribution is 1.38. The summed E-state index contributed by atoms with van der Waals surface area (Å²) in [6.07, 6.45) is 6.14. The van der Waals surface area contributed by atoms with Crippen LogP contribution in [0.25, 0.3) is 0 Å². The minimum absolute atomic E-state index is 1.09. The van der Waals surface area contributed by atoms with E-state index >= 15 is 0 Å². The van der Waals surface area contributed by atoms with Gasteiger partial charge in [-0.1, -0.05) is 53.7 Å². The predicted molar refractivity (Wildman–Crippen MR) is 76.8 cm³/mol. The highest BCUT2D eigenvalue weighted by Gasteiger charge is 2.30. The molecule has 0 radical (unpaired) electrons. The highest BCUT2D eigenvalue weighted by molar-refractivity contribution is 6.92. The summed E-state index contributed by atoms with van der Waals surface area (Å²) in [6.45, 7) is 11.7. The van der Waals surface area contributed by atoms with Gasteiger partial charge in [0.15, 0.2) is 0 Å². The quantitative estimate of drug-likeness (QED) is 0.490. The summed E-state index contributed by atoms with van der Waals surface area (Å²) in [6, 6.07) is 14.1. The van der Waals surface area contributed by atoms with Crippen LogP contribution in [0, 0.1) is 0 Å². The lowest BCUT2D eigenvalue weighted by atomic mass is 10.4. The highest BCUT2D eigenvalue weighted by atomic mass is 28.3. The van der Waals surface area contributed by atoms with E-state index in [2.05, 4.69) is 50.1 Å². The molecule has 1 aromatic carbocycles. The Morgan fingerprint density at radius 2 is 1.25 bits per heavy atom. The molecule has 1 rings (SSSR count). The van der Waals surface area contributed by atoms with Gasteiger partial charge in [-0.15, -0.1) is 19.7 Å². The van der Waals surface area contributed by atoms with E-state index in [1.165, 1.54) is 5.19 Å². The zero-order valence-corrected chi connectivity index (χ0v) is 10.9. The van der Waals surface area contributed by atoms with Crippen molar-refractivity contribution in [2.24, 2.45) is 0 Å². The van der Waals surface area contributed by atoms with Crippen LogP contribution in [0.2, 0.25) is 18.1 Å². The SMILES string of the molecule is C=CC[Si](CC=C)(CC=C)c1ccccc1. The Kier molecular flexibility index (Phi) is 5.00. The van der Waals surface area contributed by atoms with Gasteiger partial charge in [-0.05, 0) is 18.1 Å². The zero-order chi connectivity index (χ0) is 11.9. The molecule has 0 spiro atoms. The number of hydrogen-bond acceptors (Lipinski definition) is 0. The summed E-state index contributed by atoms with van der Waals surface area (Å²) in [7, 11) is -1.53. The first-order chi connectivity index (χ1) is 7.79. The minimum atomic E-state index is -1.53. The lowest BCUT2D eigenvalue weighted by Gasteiger charge is -2.29. The summed E-state index contributed by atoms with van der Waals surface area (Å²) in [4.78, 5) is 0. The van der Waals surface area contributed by atoms with Crippen LogP contribution < -0.4 is 5.19 Å². The maximum absolute atomic E-state index is 3.90. The van der Waals surface area contributed by atoms with Crippen molar-refractivity contribution < 1.29 is 0 Å². The average Bonchev–Trinajstić information content (AvgIpc) is 2.31. The number of allylic oxidation sites excluding steroid dienone is 3. The molecule has 0 aliphatic carbocycles. The average molecular weight is 228 g/mol. The second-order valence-corrected chi connectivity index (χ2v) is 8.49. The van der Waals surface area contributed by atoms with Crippen LogP contribution in [0.5, 0.6) is 0 Å². The van der Waals surface area contributed by atoms with E-state index in [1.807, 2.05) is 18.2 Å². The third kappa shape index (κ3) is 2.83. The molecule has 0 aliphatic rings. The predicted octanol–water partition coefficient (Wildman–Crippen LogP) is 3.90. The lowest BCUT2D eigenvalue weighted by Crippen LogP contribution is -2.46. The summed E-state index contributed by atoms with van der Waals surface area (Å²) in [5.74, 6) is 0. The molecular formula is C15H20Si. The largest absolute Gasteiger partial charge is 0.103 e. The van der Waals surface area contributed by atoms with Crippen LogP contribution in [0.4, 0.5) is 0 Å². The maximum Gasteiger partial charge on any atom is 0.0977 e. The van der Waals surface area contributed by atoms with Crippen molar-refractivity contribution in [2.75, 3.05) is 0 Å². The van der Waals surface area contributed by atoms with E-state index in [0.29, 0.717) is 0 Å². The van der Waals surface area contributed by atoms with Crippen molar-refractivity contribution in [1.29, 1.82) is 0 Å². The van der Waals surface area contributed by atoms with Crippen LogP contribution in [0.3, 0.4) is 0 Å². The van der Waals surface area contributed by atoms with Crippen molar-refractivity contribution >= 4 is 13.3 Å². The second-order valence-electron chi connectivity index (χ2n) is 4.12. The number of benzene rings is 1. The van der Waals surface area contributed by atoms with Gasteiger partial charge in [0, 0.05) is 0 Å². The van der Waals surface area contributed by atoms with Crippen LogP contribution in [-0.2, 0) is 0 Å². The Labute approximate surface area is 100 Å². The molecule has 0 atom stereocenters. The maximum atomic E-state index is 3.90. The topological polar surface area (TPSA) is 0 Å². The summed E-state index contributed by atoms with van der Waals surface area (Å²) in [5.41, 5.74) is 0. The fourth-order valence-electron chi connectivity index (χ4n) is 2.22. The molecule has 0 amide bonds. The van der Waals surface area contributed by atoms with Crippen molar-refractivity contribution in [1.82, 2.24) is 0 Å². The van der Waals surface area contributed by atoms with Crippen LogP contribution in [-0.4, -0.2) is 8.07 Å². The Balaban J connectivity index is 3.13. The first-order valence-electron chi connectivity index (χ1n) is 5.67. The van der Waals surface area contributed by atoms with Gasteiger partial charge in [0.1, 0.15) is 0 Å². The van der Waals surface area contributed by atoms with Gasteiger partial charge in [0.05, 0.1) is 8.07 Å². The fourth-order valence-corrected chi connectivity index (χ4v) is 5.99. The monoisotopic (exact) mass is 228 g/mol.